The molecular weight excluding hydrogens is 280 g/mol. The molecule has 19 heavy (non-hydrogen) atoms. The Morgan fingerprint density at radius 2 is 1.95 bits per heavy atom. The van der Waals surface area contributed by atoms with Crippen LogP contribution in [-0.4, -0.2) is 31.8 Å². The van der Waals surface area contributed by atoms with Crippen LogP contribution in [-0.2, 0) is 10.0 Å². The quantitative estimate of drug-likeness (QED) is 0.914. The van der Waals surface area contributed by atoms with E-state index in [1.54, 1.807) is 0 Å². The Morgan fingerprint density at radius 1 is 1.37 bits per heavy atom. The van der Waals surface area contributed by atoms with Crippen molar-refractivity contribution in [1.82, 2.24) is 0 Å². The first-order chi connectivity index (χ1) is 8.73. The van der Waals surface area contributed by atoms with Crippen LogP contribution < -0.4 is 4.31 Å². The zero-order valence-electron chi connectivity index (χ0n) is 9.93. The van der Waals surface area contributed by atoms with E-state index in [-0.39, 0.29) is 0 Å². The highest BCUT2D eigenvalue weighted by molar-refractivity contribution is 7.92. The first-order valence-corrected chi connectivity index (χ1v) is 7.29. The average Bonchev–Trinajstić information content (AvgIpc) is 3.03. The molecule has 0 aliphatic heterocycles. The van der Waals surface area contributed by atoms with Crippen molar-refractivity contribution in [3.8, 4) is 0 Å². The van der Waals surface area contributed by atoms with Gasteiger partial charge in [-0.25, -0.2) is 22.0 Å². The molecule has 0 aromatic heterocycles. The molecule has 0 saturated heterocycles. The molecule has 2 rings (SSSR count). The lowest BCUT2D eigenvalue weighted by molar-refractivity contribution is 0.0686. The maximum atomic E-state index is 14.0. The fourth-order valence-electron chi connectivity index (χ4n) is 1.86. The van der Waals surface area contributed by atoms with Crippen LogP contribution in [0.2, 0.25) is 0 Å². The molecular formula is C11H11F2NO4S. The number of sulfonamides is 1. The zero-order valence-corrected chi connectivity index (χ0v) is 10.7. The van der Waals surface area contributed by atoms with Crippen molar-refractivity contribution in [2.45, 2.75) is 18.9 Å². The van der Waals surface area contributed by atoms with E-state index in [2.05, 4.69) is 0 Å². The summed E-state index contributed by atoms with van der Waals surface area (Å²) in [4.78, 5) is 10.8. The van der Waals surface area contributed by atoms with Crippen LogP contribution in [0.5, 0.6) is 0 Å². The molecule has 1 saturated carbocycles. The lowest BCUT2D eigenvalue weighted by Crippen LogP contribution is -2.33. The van der Waals surface area contributed by atoms with Crippen molar-refractivity contribution < 1.29 is 27.1 Å². The van der Waals surface area contributed by atoms with E-state index in [1.807, 2.05) is 0 Å². The van der Waals surface area contributed by atoms with Crippen LogP contribution in [0.25, 0.3) is 0 Å². The highest BCUT2D eigenvalue weighted by Gasteiger charge is 2.38. The summed E-state index contributed by atoms with van der Waals surface area (Å²) in [7, 11) is -3.75. The second-order valence-electron chi connectivity index (χ2n) is 4.35. The second-order valence-corrected chi connectivity index (χ2v) is 6.21. The maximum absolute atomic E-state index is 14.0. The Labute approximate surface area is 108 Å². The van der Waals surface area contributed by atoms with Gasteiger partial charge in [0.05, 0.1) is 11.9 Å². The number of carbonyl (C=O) groups is 1. The zero-order chi connectivity index (χ0) is 14.4. The highest BCUT2D eigenvalue weighted by Crippen LogP contribution is 2.36. The van der Waals surface area contributed by atoms with Gasteiger partial charge in [-0.3, -0.25) is 4.31 Å². The average molecular weight is 291 g/mol. The summed E-state index contributed by atoms with van der Waals surface area (Å²) < 4.78 is 51.4. The predicted octanol–water partition coefficient (Wildman–Crippen LogP) is 1.59. The molecule has 0 bridgehead atoms. The van der Waals surface area contributed by atoms with Gasteiger partial charge in [-0.15, -0.1) is 0 Å². The van der Waals surface area contributed by atoms with Crippen LogP contribution >= 0.6 is 0 Å². The van der Waals surface area contributed by atoms with Gasteiger partial charge in [0, 0.05) is 6.04 Å². The van der Waals surface area contributed by atoms with Gasteiger partial charge in [-0.1, -0.05) is 0 Å². The van der Waals surface area contributed by atoms with Gasteiger partial charge in [-0.05, 0) is 25.0 Å². The normalized spacial score (nSPS) is 15.3. The first-order valence-electron chi connectivity index (χ1n) is 5.44. The third-order valence-corrected chi connectivity index (χ3v) is 3.97. The number of hydrogen-bond acceptors (Lipinski definition) is 3. The Balaban J connectivity index is 2.62. The summed E-state index contributed by atoms with van der Waals surface area (Å²) >= 11 is 0. The van der Waals surface area contributed by atoms with E-state index in [0.29, 0.717) is 12.8 Å². The summed E-state index contributed by atoms with van der Waals surface area (Å²) in [5, 5.41) is 8.76. The van der Waals surface area contributed by atoms with Crippen molar-refractivity contribution in [2.24, 2.45) is 0 Å². The van der Waals surface area contributed by atoms with Gasteiger partial charge in [0.15, 0.2) is 5.82 Å². The standard InChI is InChI=1S/C11H11F2NO4S/c1-19(17,18)14(6-2-3-6)8-5-4-7(12)9(10(8)13)11(15)16/h4-6H,2-3H2,1H3,(H,15,16). The molecule has 0 atom stereocenters. The van der Waals surface area contributed by atoms with Crippen molar-refractivity contribution in [3.63, 3.8) is 0 Å². The molecule has 1 aromatic carbocycles. The lowest BCUT2D eigenvalue weighted by atomic mass is 10.1. The largest absolute Gasteiger partial charge is 0.477 e. The minimum atomic E-state index is -3.75. The van der Waals surface area contributed by atoms with Crippen molar-refractivity contribution in [1.29, 1.82) is 0 Å². The smallest absolute Gasteiger partial charge is 0.341 e. The van der Waals surface area contributed by atoms with E-state index < -0.39 is 44.9 Å². The molecule has 0 unspecified atom stereocenters. The third-order valence-electron chi connectivity index (χ3n) is 2.76. The van der Waals surface area contributed by atoms with Crippen LogP contribution in [0.3, 0.4) is 0 Å². The van der Waals surface area contributed by atoms with E-state index in [4.69, 9.17) is 5.11 Å². The topological polar surface area (TPSA) is 74.7 Å². The maximum Gasteiger partial charge on any atom is 0.341 e. The molecule has 0 heterocycles. The van der Waals surface area contributed by atoms with Crippen LogP contribution in [0, 0.1) is 11.6 Å². The number of rotatable bonds is 4. The van der Waals surface area contributed by atoms with Crippen LogP contribution in [0.4, 0.5) is 14.5 Å². The van der Waals surface area contributed by atoms with Crippen LogP contribution in [0.1, 0.15) is 23.2 Å². The Bertz CT molecular complexity index is 640. The summed E-state index contributed by atoms with van der Waals surface area (Å²) in [5.74, 6) is -4.39. The number of aromatic carboxylic acids is 1. The van der Waals surface area contributed by atoms with E-state index in [9.17, 15) is 22.0 Å². The highest BCUT2D eigenvalue weighted by atomic mass is 32.2. The molecule has 1 aliphatic carbocycles. The number of anilines is 1. The number of hydrogen-bond donors (Lipinski definition) is 1. The van der Waals surface area contributed by atoms with Gasteiger partial charge in [0.25, 0.3) is 0 Å². The minimum Gasteiger partial charge on any atom is -0.477 e. The molecule has 1 aromatic rings. The first kappa shape index (κ1) is 13.7. The molecule has 104 valence electrons. The Kier molecular flexibility index (Phi) is 3.21. The van der Waals surface area contributed by atoms with Gasteiger partial charge in [0.2, 0.25) is 10.0 Å². The second kappa shape index (κ2) is 4.44. The Hall–Kier alpha value is -1.70. The van der Waals surface area contributed by atoms with E-state index in [1.165, 1.54) is 0 Å². The molecule has 1 aliphatic rings. The number of benzene rings is 1. The predicted molar refractivity (Wildman–Crippen MR) is 63.7 cm³/mol. The fraction of sp³-hybridized carbons (Fsp3) is 0.364. The number of carboxylic acid groups (broad SMARTS) is 1. The lowest BCUT2D eigenvalue weighted by Gasteiger charge is -2.23. The third kappa shape index (κ3) is 2.53. The molecule has 1 fully saturated rings. The Morgan fingerprint density at radius 3 is 2.37 bits per heavy atom. The molecule has 1 N–H and O–H groups in total. The van der Waals surface area contributed by atoms with Gasteiger partial charge in [0.1, 0.15) is 11.4 Å². The molecule has 0 amide bonds. The fourth-order valence-corrected chi connectivity index (χ4v) is 3.11. The summed E-state index contributed by atoms with van der Waals surface area (Å²) in [6, 6.07) is 1.30. The molecule has 8 heteroatoms. The summed E-state index contributed by atoms with van der Waals surface area (Å²) in [6.45, 7) is 0. The van der Waals surface area contributed by atoms with Gasteiger partial charge in [-0.2, -0.15) is 0 Å². The van der Waals surface area contributed by atoms with Crippen molar-refractivity contribution in [3.05, 3.63) is 29.3 Å². The van der Waals surface area contributed by atoms with Gasteiger partial charge < -0.3 is 5.11 Å². The minimum absolute atomic E-state index is 0.392. The van der Waals surface area contributed by atoms with Gasteiger partial charge >= 0.3 is 5.97 Å². The molecule has 0 radical (unpaired) electrons. The SMILES string of the molecule is CS(=O)(=O)N(c1ccc(F)c(C(=O)O)c1F)C1CC1. The van der Waals surface area contributed by atoms with E-state index >= 15 is 0 Å². The molecule has 5 nitrogen and oxygen atoms in total. The van der Waals surface area contributed by atoms with Crippen molar-refractivity contribution >= 4 is 21.7 Å². The number of halogens is 2. The summed E-state index contributed by atoms with van der Waals surface area (Å²) in [6.07, 6.45) is 2.02. The summed E-state index contributed by atoms with van der Waals surface area (Å²) in [5.41, 5.74) is -1.57. The monoisotopic (exact) mass is 291 g/mol. The number of carboxylic acids is 1. The van der Waals surface area contributed by atoms with Crippen molar-refractivity contribution in [2.75, 3.05) is 10.6 Å². The molecule has 0 spiro atoms. The van der Waals surface area contributed by atoms with Crippen LogP contribution in [0.15, 0.2) is 12.1 Å². The number of nitrogens with zero attached hydrogens (tertiary/aromatic N) is 1. The van der Waals surface area contributed by atoms with E-state index in [0.717, 1.165) is 22.7 Å².